The molecule has 0 saturated carbocycles. The zero-order valence-electron chi connectivity index (χ0n) is 6.23. The normalized spacial score (nSPS) is 15.2. The molecule has 2 rings (SSSR count). The van der Waals surface area contributed by atoms with Gasteiger partial charge < -0.3 is 0 Å². The molecule has 1 aliphatic heterocycles. The van der Waals surface area contributed by atoms with Gasteiger partial charge in [-0.2, -0.15) is 0 Å². The minimum absolute atomic E-state index is 0.126. The lowest BCUT2D eigenvalue weighted by Crippen LogP contribution is -2.41. The molecule has 1 heterocycles. The van der Waals surface area contributed by atoms with Crippen LogP contribution in [0.2, 0.25) is 5.02 Å². The van der Waals surface area contributed by atoms with Crippen LogP contribution < -0.4 is 10.9 Å². The highest BCUT2D eigenvalue weighted by Crippen LogP contribution is 2.17. The van der Waals surface area contributed by atoms with E-state index in [0.717, 1.165) is 5.56 Å². The third-order valence-electron chi connectivity index (χ3n) is 1.80. The van der Waals surface area contributed by atoms with E-state index >= 15 is 0 Å². The largest absolute Gasteiger partial charge is 0.287 e. The van der Waals surface area contributed by atoms with Crippen LogP contribution in [0.25, 0.3) is 0 Å². The molecule has 4 heteroatoms. The van der Waals surface area contributed by atoms with Gasteiger partial charge in [-0.25, -0.2) is 5.43 Å². The molecule has 1 amide bonds. The maximum atomic E-state index is 11.2. The number of amides is 1. The van der Waals surface area contributed by atoms with Crippen LogP contribution in [0.1, 0.15) is 15.9 Å². The van der Waals surface area contributed by atoms with Gasteiger partial charge in [-0.15, -0.1) is 0 Å². The number of benzene rings is 1. The molecule has 1 aromatic rings. The number of rotatable bonds is 0. The first-order chi connectivity index (χ1) is 5.77. The Morgan fingerprint density at radius 2 is 2.25 bits per heavy atom. The summed E-state index contributed by atoms with van der Waals surface area (Å²) in [5.74, 6) is -0.126. The van der Waals surface area contributed by atoms with Gasteiger partial charge in [0.15, 0.2) is 0 Å². The Morgan fingerprint density at radius 1 is 1.42 bits per heavy atom. The summed E-state index contributed by atoms with van der Waals surface area (Å²) in [6, 6.07) is 5.30. The number of halogens is 1. The van der Waals surface area contributed by atoms with Crippen molar-refractivity contribution in [3.05, 3.63) is 34.3 Å². The van der Waals surface area contributed by atoms with E-state index < -0.39 is 0 Å². The fourth-order valence-electron chi connectivity index (χ4n) is 1.20. The maximum absolute atomic E-state index is 11.2. The van der Waals surface area contributed by atoms with Gasteiger partial charge in [-0.1, -0.05) is 17.7 Å². The van der Waals surface area contributed by atoms with E-state index in [0.29, 0.717) is 17.1 Å². The SMILES string of the molecule is O=C1NNCc2ccc(Cl)cc21. The number of fused-ring (bicyclic) bond motifs is 1. The molecular weight excluding hydrogens is 176 g/mol. The minimum atomic E-state index is -0.126. The zero-order chi connectivity index (χ0) is 8.55. The van der Waals surface area contributed by atoms with E-state index in [-0.39, 0.29) is 5.91 Å². The molecule has 0 saturated heterocycles. The van der Waals surface area contributed by atoms with E-state index in [9.17, 15) is 4.79 Å². The van der Waals surface area contributed by atoms with Crippen molar-refractivity contribution >= 4 is 17.5 Å². The van der Waals surface area contributed by atoms with Gasteiger partial charge in [0.25, 0.3) is 5.91 Å². The molecule has 12 heavy (non-hydrogen) atoms. The predicted molar refractivity (Wildman–Crippen MR) is 45.8 cm³/mol. The summed E-state index contributed by atoms with van der Waals surface area (Å²) in [6.07, 6.45) is 0. The molecule has 1 aromatic carbocycles. The summed E-state index contributed by atoms with van der Waals surface area (Å²) in [6.45, 7) is 0.651. The second-order valence-electron chi connectivity index (χ2n) is 2.61. The summed E-state index contributed by atoms with van der Waals surface area (Å²) in [7, 11) is 0. The van der Waals surface area contributed by atoms with Gasteiger partial charge >= 0.3 is 0 Å². The standard InChI is InChI=1S/C8H7ClN2O/c9-6-2-1-5-4-10-11-8(12)7(5)3-6/h1-3,10H,4H2,(H,11,12). The highest BCUT2D eigenvalue weighted by atomic mass is 35.5. The molecule has 0 aliphatic carbocycles. The third-order valence-corrected chi connectivity index (χ3v) is 2.03. The Bertz CT molecular complexity index is 338. The first kappa shape index (κ1) is 7.58. The summed E-state index contributed by atoms with van der Waals surface area (Å²) < 4.78 is 0. The van der Waals surface area contributed by atoms with Crippen LogP contribution in [0, 0.1) is 0 Å². The molecule has 0 bridgehead atoms. The van der Waals surface area contributed by atoms with Crippen molar-refractivity contribution in [1.29, 1.82) is 0 Å². The molecule has 0 spiro atoms. The molecule has 0 aromatic heterocycles. The molecule has 3 nitrogen and oxygen atoms in total. The van der Waals surface area contributed by atoms with Crippen molar-refractivity contribution in [3.8, 4) is 0 Å². The van der Waals surface area contributed by atoms with E-state index in [4.69, 9.17) is 11.6 Å². The van der Waals surface area contributed by atoms with Gasteiger partial charge in [0.2, 0.25) is 0 Å². The summed E-state index contributed by atoms with van der Waals surface area (Å²) in [5, 5.41) is 0.589. The maximum Gasteiger partial charge on any atom is 0.265 e. The van der Waals surface area contributed by atoms with Gasteiger partial charge in [0.1, 0.15) is 0 Å². The number of nitrogens with one attached hydrogen (secondary N) is 2. The highest BCUT2D eigenvalue weighted by molar-refractivity contribution is 6.31. The lowest BCUT2D eigenvalue weighted by molar-refractivity contribution is 0.0920. The fourth-order valence-corrected chi connectivity index (χ4v) is 1.37. The highest BCUT2D eigenvalue weighted by Gasteiger charge is 2.15. The van der Waals surface area contributed by atoms with Crippen LogP contribution in [0.3, 0.4) is 0 Å². The smallest absolute Gasteiger partial charge is 0.265 e. The number of hydrogen-bond acceptors (Lipinski definition) is 2. The number of hydrazine groups is 1. The molecule has 2 N–H and O–H groups in total. The van der Waals surface area contributed by atoms with Crippen LogP contribution >= 0.6 is 11.6 Å². The van der Waals surface area contributed by atoms with Crippen LogP contribution in [-0.2, 0) is 6.54 Å². The second kappa shape index (κ2) is 2.77. The first-order valence-electron chi connectivity index (χ1n) is 3.59. The van der Waals surface area contributed by atoms with Gasteiger partial charge in [-0.05, 0) is 17.7 Å². The summed E-state index contributed by atoms with van der Waals surface area (Å²) in [5.41, 5.74) is 6.91. The van der Waals surface area contributed by atoms with E-state index in [1.165, 1.54) is 0 Å². The summed E-state index contributed by atoms with van der Waals surface area (Å²) >= 11 is 5.74. The Hall–Kier alpha value is -1.06. The zero-order valence-corrected chi connectivity index (χ0v) is 6.98. The molecule has 0 fully saturated rings. The van der Waals surface area contributed by atoms with Gasteiger partial charge in [0, 0.05) is 17.1 Å². The van der Waals surface area contributed by atoms with Crippen molar-refractivity contribution in [1.82, 2.24) is 10.9 Å². The van der Waals surface area contributed by atoms with E-state index in [1.54, 1.807) is 12.1 Å². The average Bonchev–Trinajstić information content (AvgIpc) is 2.07. The van der Waals surface area contributed by atoms with E-state index in [1.807, 2.05) is 6.07 Å². The quantitative estimate of drug-likeness (QED) is 0.631. The fraction of sp³-hybridized carbons (Fsp3) is 0.125. The Balaban J connectivity index is 2.54. The van der Waals surface area contributed by atoms with Crippen molar-refractivity contribution in [2.45, 2.75) is 6.54 Å². The average molecular weight is 183 g/mol. The van der Waals surface area contributed by atoms with Crippen LogP contribution in [0.4, 0.5) is 0 Å². The third kappa shape index (κ3) is 1.17. The second-order valence-corrected chi connectivity index (χ2v) is 3.05. The van der Waals surface area contributed by atoms with Crippen molar-refractivity contribution in [2.75, 3.05) is 0 Å². The van der Waals surface area contributed by atoms with Crippen molar-refractivity contribution in [2.24, 2.45) is 0 Å². The molecule has 0 unspecified atom stereocenters. The topological polar surface area (TPSA) is 41.1 Å². The van der Waals surface area contributed by atoms with Gasteiger partial charge in [0.05, 0.1) is 0 Å². The Morgan fingerprint density at radius 3 is 3.08 bits per heavy atom. The van der Waals surface area contributed by atoms with E-state index in [2.05, 4.69) is 10.9 Å². The number of carbonyl (C=O) groups is 1. The lowest BCUT2D eigenvalue weighted by Gasteiger charge is -2.16. The van der Waals surface area contributed by atoms with Crippen LogP contribution in [-0.4, -0.2) is 5.91 Å². The monoisotopic (exact) mass is 182 g/mol. The minimum Gasteiger partial charge on any atom is -0.287 e. The number of hydrogen-bond donors (Lipinski definition) is 2. The predicted octanol–water partition coefficient (Wildman–Crippen LogP) is 1.09. The molecule has 0 radical (unpaired) electrons. The Kier molecular flexibility index (Phi) is 1.75. The van der Waals surface area contributed by atoms with Crippen LogP contribution in [0.5, 0.6) is 0 Å². The molecular formula is C8H7ClN2O. The molecule has 62 valence electrons. The van der Waals surface area contributed by atoms with Crippen molar-refractivity contribution < 1.29 is 4.79 Å². The van der Waals surface area contributed by atoms with Gasteiger partial charge in [-0.3, -0.25) is 10.2 Å². The molecule has 1 aliphatic rings. The summed E-state index contributed by atoms with van der Waals surface area (Å²) in [4.78, 5) is 11.2. The molecule has 0 atom stereocenters. The van der Waals surface area contributed by atoms with Crippen LogP contribution in [0.15, 0.2) is 18.2 Å². The van der Waals surface area contributed by atoms with Crippen molar-refractivity contribution in [3.63, 3.8) is 0 Å². The first-order valence-corrected chi connectivity index (χ1v) is 3.97. The Labute approximate surface area is 74.7 Å². The lowest BCUT2D eigenvalue weighted by atomic mass is 10.1. The number of carbonyl (C=O) groups excluding carboxylic acids is 1.